The van der Waals surface area contributed by atoms with Crippen molar-refractivity contribution in [3.63, 3.8) is 0 Å². The number of amides is 2. The van der Waals surface area contributed by atoms with E-state index in [1.807, 2.05) is 5.32 Å². The van der Waals surface area contributed by atoms with Crippen LogP contribution in [0.1, 0.15) is 47.8 Å². The normalized spacial score (nSPS) is 12.3. The zero-order valence-corrected chi connectivity index (χ0v) is 17.5. The van der Waals surface area contributed by atoms with E-state index in [4.69, 9.17) is 4.74 Å². The molecule has 0 bridgehead atoms. The van der Waals surface area contributed by atoms with Gasteiger partial charge in [0, 0.05) is 5.69 Å². The minimum Gasteiger partial charge on any atom is -0.444 e. The van der Waals surface area contributed by atoms with Crippen molar-refractivity contribution in [2.45, 2.75) is 45.6 Å². The minimum absolute atomic E-state index is 0.224. The van der Waals surface area contributed by atoms with Gasteiger partial charge in [0.2, 0.25) is 0 Å². The van der Waals surface area contributed by atoms with Crippen LogP contribution in [0.3, 0.4) is 0 Å². The van der Waals surface area contributed by atoms with E-state index in [0.717, 1.165) is 24.3 Å². The summed E-state index contributed by atoms with van der Waals surface area (Å²) in [6, 6.07) is 5.28. The lowest BCUT2D eigenvalue weighted by molar-refractivity contribution is -0.138. The number of alkyl halides is 6. The fraction of sp³-hybridized carbons (Fsp3) is 0.333. The number of nitrogens with one attached hydrogen (secondary N) is 2. The first-order valence-corrected chi connectivity index (χ1v) is 9.18. The number of benzene rings is 2. The Labute approximate surface area is 179 Å². The Morgan fingerprint density at radius 3 is 1.94 bits per heavy atom. The summed E-state index contributed by atoms with van der Waals surface area (Å²) in [6.07, 6.45) is -10.9. The van der Waals surface area contributed by atoms with Crippen molar-refractivity contribution < 1.29 is 40.7 Å². The number of carbonyl (C=O) groups is 2. The van der Waals surface area contributed by atoms with Crippen molar-refractivity contribution in [2.75, 3.05) is 10.6 Å². The van der Waals surface area contributed by atoms with Crippen LogP contribution in [0.5, 0.6) is 0 Å². The summed E-state index contributed by atoms with van der Waals surface area (Å²) in [7, 11) is 0. The van der Waals surface area contributed by atoms with Gasteiger partial charge in [-0.1, -0.05) is 11.6 Å². The van der Waals surface area contributed by atoms with Gasteiger partial charge in [-0.05, 0) is 58.0 Å². The van der Waals surface area contributed by atoms with Gasteiger partial charge in [0.25, 0.3) is 5.91 Å². The topological polar surface area (TPSA) is 67.4 Å². The molecule has 0 spiro atoms. The van der Waals surface area contributed by atoms with Gasteiger partial charge in [-0.2, -0.15) is 26.3 Å². The van der Waals surface area contributed by atoms with Crippen LogP contribution in [0.2, 0.25) is 0 Å². The minimum atomic E-state index is -4.98. The number of rotatable bonds is 3. The second-order valence-electron chi connectivity index (χ2n) is 7.89. The molecule has 174 valence electrons. The van der Waals surface area contributed by atoms with E-state index in [1.54, 1.807) is 20.8 Å². The first kappa shape index (κ1) is 25.0. The Balaban J connectivity index is 2.38. The first-order chi connectivity index (χ1) is 14.5. The third-order valence-electron chi connectivity index (χ3n) is 3.94. The third kappa shape index (κ3) is 6.63. The molecule has 0 atom stereocenters. The van der Waals surface area contributed by atoms with Gasteiger partial charge >= 0.3 is 18.4 Å². The van der Waals surface area contributed by atoms with Crippen molar-refractivity contribution in [3.05, 3.63) is 58.7 Å². The van der Waals surface area contributed by atoms with Crippen LogP contribution >= 0.6 is 0 Å². The molecular weight excluding hydrogens is 442 g/mol. The summed E-state index contributed by atoms with van der Waals surface area (Å²) in [6.45, 7) is 6.07. The van der Waals surface area contributed by atoms with Crippen LogP contribution in [0.25, 0.3) is 0 Å². The van der Waals surface area contributed by atoms with Gasteiger partial charge in [0.15, 0.2) is 0 Å². The first-order valence-electron chi connectivity index (χ1n) is 9.18. The lowest BCUT2D eigenvalue weighted by Gasteiger charge is -2.20. The summed E-state index contributed by atoms with van der Waals surface area (Å²) < 4.78 is 85.4. The largest absolute Gasteiger partial charge is 0.444 e. The van der Waals surface area contributed by atoms with Crippen LogP contribution < -0.4 is 10.6 Å². The van der Waals surface area contributed by atoms with Crippen LogP contribution in [0, 0.1) is 6.92 Å². The summed E-state index contributed by atoms with van der Waals surface area (Å²) in [4.78, 5) is 24.2. The highest BCUT2D eigenvalue weighted by Gasteiger charge is 2.37. The molecule has 2 rings (SSSR count). The molecule has 2 amide bonds. The summed E-state index contributed by atoms with van der Waals surface area (Å²) in [5.74, 6) is -1.37. The number of aryl methyl sites for hydroxylation is 1. The molecule has 0 aliphatic rings. The smallest absolute Gasteiger partial charge is 0.418 e. The Kier molecular flexibility index (Phi) is 6.82. The van der Waals surface area contributed by atoms with Gasteiger partial charge in [-0.25, -0.2) is 4.79 Å². The van der Waals surface area contributed by atoms with Crippen molar-refractivity contribution in [1.29, 1.82) is 0 Å². The molecule has 0 heterocycles. The molecular formula is C21H20F6N2O3. The fourth-order valence-corrected chi connectivity index (χ4v) is 2.67. The van der Waals surface area contributed by atoms with Crippen molar-refractivity contribution in [1.82, 2.24) is 0 Å². The fourth-order valence-electron chi connectivity index (χ4n) is 2.67. The predicted molar refractivity (Wildman–Crippen MR) is 105 cm³/mol. The highest BCUT2D eigenvalue weighted by molar-refractivity contribution is 6.06. The quantitative estimate of drug-likeness (QED) is 0.503. The molecule has 0 saturated carbocycles. The van der Waals surface area contributed by atoms with Gasteiger partial charge < -0.3 is 10.1 Å². The van der Waals surface area contributed by atoms with Crippen LogP contribution in [0.4, 0.5) is 42.5 Å². The van der Waals surface area contributed by atoms with E-state index < -0.39 is 52.3 Å². The number of halogens is 6. The number of anilines is 2. The molecule has 32 heavy (non-hydrogen) atoms. The zero-order valence-electron chi connectivity index (χ0n) is 17.5. The average molecular weight is 462 g/mol. The van der Waals surface area contributed by atoms with Crippen LogP contribution in [-0.4, -0.2) is 17.6 Å². The molecule has 0 fully saturated rings. The standard InChI is InChI=1S/C21H20F6N2O3/c1-11-5-7-13(14(9-11)20(22,23)24)17(30)29-16-8-6-12(10-15(16)21(25,26)27)28-18(31)32-19(2,3)4/h5-10H,1-4H3,(H,28,31)(H,29,30). The molecule has 2 N–H and O–H groups in total. The predicted octanol–water partition coefficient (Wildman–Crippen LogP) is 6.63. The molecule has 0 radical (unpaired) electrons. The van der Waals surface area contributed by atoms with E-state index in [0.29, 0.717) is 6.07 Å². The number of carbonyl (C=O) groups excluding carboxylic acids is 2. The molecule has 11 heteroatoms. The third-order valence-corrected chi connectivity index (χ3v) is 3.94. The van der Waals surface area contributed by atoms with E-state index in [9.17, 15) is 35.9 Å². The molecule has 5 nitrogen and oxygen atoms in total. The van der Waals surface area contributed by atoms with Crippen molar-refractivity contribution in [2.24, 2.45) is 0 Å². The molecule has 0 saturated heterocycles. The van der Waals surface area contributed by atoms with E-state index in [-0.39, 0.29) is 11.3 Å². The monoisotopic (exact) mass is 462 g/mol. The highest BCUT2D eigenvalue weighted by atomic mass is 19.4. The van der Waals surface area contributed by atoms with Gasteiger partial charge in [0.05, 0.1) is 22.4 Å². The lowest BCUT2D eigenvalue weighted by atomic mass is 10.0. The molecule has 0 aliphatic heterocycles. The maximum Gasteiger partial charge on any atom is 0.418 e. The van der Waals surface area contributed by atoms with Crippen molar-refractivity contribution >= 4 is 23.4 Å². The van der Waals surface area contributed by atoms with Crippen molar-refractivity contribution in [3.8, 4) is 0 Å². The number of ether oxygens (including phenoxy) is 1. The molecule has 2 aromatic rings. The van der Waals surface area contributed by atoms with Crippen LogP contribution in [0.15, 0.2) is 36.4 Å². The Bertz CT molecular complexity index is 1020. The SMILES string of the molecule is Cc1ccc(C(=O)Nc2ccc(NC(=O)OC(C)(C)C)cc2C(F)(F)F)c(C(F)(F)F)c1. The maximum atomic E-state index is 13.5. The van der Waals surface area contributed by atoms with Gasteiger partial charge in [-0.3, -0.25) is 10.1 Å². The van der Waals surface area contributed by atoms with E-state index >= 15 is 0 Å². The second-order valence-corrected chi connectivity index (χ2v) is 7.89. The Morgan fingerprint density at radius 1 is 0.812 bits per heavy atom. The van der Waals surface area contributed by atoms with Gasteiger partial charge in [-0.15, -0.1) is 0 Å². The van der Waals surface area contributed by atoms with E-state index in [2.05, 4.69) is 5.32 Å². The molecule has 0 aliphatic carbocycles. The lowest BCUT2D eigenvalue weighted by Crippen LogP contribution is -2.27. The molecule has 0 aromatic heterocycles. The Hall–Kier alpha value is -3.24. The summed E-state index contributed by atoms with van der Waals surface area (Å²) in [5.41, 5.74) is -5.18. The number of hydrogen-bond donors (Lipinski definition) is 2. The summed E-state index contributed by atoms with van der Waals surface area (Å²) in [5, 5.41) is 4.02. The number of hydrogen-bond acceptors (Lipinski definition) is 3. The second kappa shape index (κ2) is 8.71. The van der Waals surface area contributed by atoms with Crippen LogP contribution in [-0.2, 0) is 17.1 Å². The Morgan fingerprint density at radius 2 is 1.41 bits per heavy atom. The molecule has 2 aromatic carbocycles. The van der Waals surface area contributed by atoms with E-state index in [1.165, 1.54) is 13.0 Å². The average Bonchev–Trinajstić information content (AvgIpc) is 2.59. The van der Waals surface area contributed by atoms with Gasteiger partial charge in [0.1, 0.15) is 5.60 Å². The highest BCUT2D eigenvalue weighted by Crippen LogP contribution is 2.38. The maximum absolute atomic E-state index is 13.5. The summed E-state index contributed by atoms with van der Waals surface area (Å²) >= 11 is 0. The molecule has 0 unspecified atom stereocenters. The zero-order chi connectivity index (χ0) is 24.5.